The monoisotopic (exact) mass is 263 g/mol. The van der Waals surface area contributed by atoms with Crippen LogP contribution in [0.1, 0.15) is 19.3 Å². The number of thioether (sulfide) groups is 2. The predicted octanol–water partition coefficient (Wildman–Crippen LogP) is 1.21. The molecule has 4 nitrogen and oxygen atoms in total. The maximum absolute atomic E-state index is 11.5. The molecule has 0 aromatic rings. The van der Waals surface area contributed by atoms with Crippen molar-refractivity contribution >= 4 is 35.4 Å². The zero-order chi connectivity index (χ0) is 11.8. The second kappa shape index (κ2) is 7.84. The largest absolute Gasteiger partial charge is 0.481 e. The molecule has 16 heavy (non-hydrogen) atoms. The lowest BCUT2D eigenvalue weighted by molar-refractivity contribution is -0.137. The van der Waals surface area contributed by atoms with Gasteiger partial charge in [-0.2, -0.15) is 23.5 Å². The zero-order valence-corrected chi connectivity index (χ0v) is 10.7. The van der Waals surface area contributed by atoms with Crippen LogP contribution in [0.2, 0.25) is 0 Å². The Morgan fingerprint density at radius 3 is 2.81 bits per heavy atom. The molecule has 2 N–H and O–H groups in total. The average Bonchev–Trinajstić information content (AvgIpc) is 2.25. The Morgan fingerprint density at radius 2 is 2.19 bits per heavy atom. The fourth-order valence-electron chi connectivity index (χ4n) is 1.40. The Balaban J connectivity index is 2.03. The summed E-state index contributed by atoms with van der Waals surface area (Å²) in [6, 6.07) is 0. The maximum Gasteiger partial charge on any atom is 0.303 e. The molecule has 1 heterocycles. The van der Waals surface area contributed by atoms with Gasteiger partial charge in [0.1, 0.15) is 0 Å². The van der Waals surface area contributed by atoms with Crippen LogP contribution in [0, 0.1) is 0 Å². The van der Waals surface area contributed by atoms with Gasteiger partial charge in [0.15, 0.2) is 0 Å². The van der Waals surface area contributed by atoms with Crippen LogP contribution in [0.25, 0.3) is 0 Å². The van der Waals surface area contributed by atoms with Crippen molar-refractivity contribution in [3.63, 3.8) is 0 Å². The SMILES string of the molecule is O=C(O)CCCNC(=O)CC1CSCCS1. The summed E-state index contributed by atoms with van der Waals surface area (Å²) >= 11 is 3.76. The highest BCUT2D eigenvalue weighted by Gasteiger charge is 2.17. The van der Waals surface area contributed by atoms with Crippen LogP contribution in [0.4, 0.5) is 0 Å². The summed E-state index contributed by atoms with van der Waals surface area (Å²) in [4.78, 5) is 21.7. The third-order valence-electron chi connectivity index (χ3n) is 2.19. The van der Waals surface area contributed by atoms with Crippen LogP contribution >= 0.6 is 23.5 Å². The number of aliphatic carboxylic acids is 1. The van der Waals surface area contributed by atoms with Crippen molar-refractivity contribution in [2.24, 2.45) is 0 Å². The van der Waals surface area contributed by atoms with Crippen molar-refractivity contribution in [2.75, 3.05) is 23.8 Å². The van der Waals surface area contributed by atoms with Gasteiger partial charge in [-0.3, -0.25) is 9.59 Å². The number of carbonyl (C=O) groups is 2. The standard InChI is InChI=1S/C10H17NO3S2/c12-9(11-3-1-2-10(13)14)6-8-7-15-4-5-16-8/h8H,1-7H2,(H,11,12)(H,13,14). The van der Waals surface area contributed by atoms with Gasteiger partial charge in [-0.05, 0) is 6.42 Å². The van der Waals surface area contributed by atoms with Gasteiger partial charge >= 0.3 is 5.97 Å². The lowest BCUT2D eigenvalue weighted by Crippen LogP contribution is -2.29. The van der Waals surface area contributed by atoms with Crippen LogP contribution in [0.15, 0.2) is 0 Å². The summed E-state index contributed by atoms with van der Waals surface area (Å²) in [5, 5.41) is 11.6. The number of amides is 1. The number of nitrogens with one attached hydrogen (secondary N) is 1. The molecule has 1 saturated heterocycles. The molecule has 1 amide bonds. The van der Waals surface area contributed by atoms with Gasteiger partial charge in [0.05, 0.1) is 0 Å². The third kappa shape index (κ3) is 6.27. The molecule has 92 valence electrons. The molecule has 6 heteroatoms. The van der Waals surface area contributed by atoms with Crippen molar-refractivity contribution in [3.8, 4) is 0 Å². The topological polar surface area (TPSA) is 66.4 Å². The summed E-state index contributed by atoms with van der Waals surface area (Å²) in [5.74, 6) is 2.59. The fraction of sp³-hybridized carbons (Fsp3) is 0.800. The van der Waals surface area contributed by atoms with E-state index in [1.165, 1.54) is 5.75 Å². The second-order valence-electron chi connectivity index (χ2n) is 3.62. The van der Waals surface area contributed by atoms with E-state index in [1.54, 1.807) is 0 Å². The average molecular weight is 263 g/mol. The normalized spacial score (nSPS) is 20.4. The highest BCUT2D eigenvalue weighted by atomic mass is 32.2. The van der Waals surface area contributed by atoms with Crippen LogP contribution in [0.5, 0.6) is 0 Å². The second-order valence-corrected chi connectivity index (χ2v) is 6.18. The summed E-state index contributed by atoms with van der Waals surface area (Å²) in [6.07, 6.45) is 1.19. The van der Waals surface area contributed by atoms with Crippen LogP contribution < -0.4 is 5.32 Å². The summed E-state index contributed by atoms with van der Waals surface area (Å²) in [7, 11) is 0. The van der Waals surface area contributed by atoms with E-state index in [9.17, 15) is 9.59 Å². The van der Waals surface area contributed by atoms with E-state index in [0.29, 0.717) is 24.6 Å². The van der Waals surface area contributed by atoms with Crippen molar-refractivity contribution in [1.82, 2.24) is 5.32 Å². The quantitative estimate of drug-likeness (QED) is 0.705. The summed E-state index contributed by atoms with van der Waals surface area (Å²) in [5.41, 5.74) is 0. The summed E-state index contributed by atoms with van der Waals surface area (Å²) in [6.45, 7) is 0.468. The van der Waals surface area contributed by atoms with E-state index in [1.807, 2.05) is 23.5 Å². The number of hydrogen-bond donors (Lipinski definition) is 2. The molecule has 0 bridgehead atoms. The van der Waals surface area contributed by atoms with Crippen LogP contribution in [0.3, 0.4) is 0 Å². The van der Waals surface area contributed by atoms with Gasteiger partial charge in [-0.1, -0.05) is 0 Å². The van der Waals surface area contributed by atoms with Gasteiger partial charge < -0.3 is 10.4 Å². The van der Waals surface area contributed by atoms with E-state index in [2.05, 4.69) is 5.32 Å². The molecule has 0 aromatic carbocycles. The van der Waals surface area contributed by atoms with E-state index >= 15 is 0 Å². The van der Waals surface area contributed by atoms with Gasteiger partial charge in [-0.15, -0.1) is 0 Å². The first kappa shape index (κ1) is 13.7. The molecule has 0 saturated carbocycles. The Hall–Kier alpha value is -0.360. The Morgan fingerprint density at radius 1 is 1.38 bits per heavy atom. The molecule has 0 aliphatic carbocycles. The predicted molar refractivity (Wildman–Crippen MR) is 68.1 cm³/mol. The summed E-state index contributed by atoms with van der Waals surface area (Å²) < 4.78 is 0. The minimum absolute atomic E-state index is 0.0467. The first-order valence-corrected chi connectivity index (χ1v) is 7.56. The van der Waals surface area contributed by atoms with Crippen LogP contribution in [-0.4, -0.2) is 46.0 Å². The van der Waals surface area contributed by atoms with Gasteiger partial charge in [-0.25, -0.2) is 0 Å². The molecule has 1 aliphatic rings. The smallest absolute Gasteiger partial charge is 0.303 e. The molecule has 0 spiro atoms. The maximum atomic E-state index is 11.5. The number of carboxylic acids is 1. The highest BCUT2D eigenvalue weighted by molar-refractivity contribution is 8.06. The lowest BCUT2D eigenvalue weighted by atomic mass is 10.3. The van der Waals surface area contributed by atoms with Gasteiger partial charge in [0, 0.05) is 41.9 Å². The van der Waals surface area contributed by atoms with E-state index < -0.39 is 5.97 Å². The van der Waals surface area contributed by atoms with Gasteiger partial charge in [0.25, 0.3) is 0 Å². The van der Waals surface area contributed by atoms with Crippen LogP contribution in [-0.2, 0) is 9.59 Å². The minimum atomic E-state index is -0.812. The number of hydrogen-bond acceptors (Lipinski definition) is 4. The van der Waals surface area contributed by atoms with Crippen molar-refractivity contribution in [3.05, 3.63) is 0 Å². The first-order chi connectivity index (χ1) is 7.68. The highest BCUT2D eigenvalue weighted by Crippen LogP contribution is 2.25. The molecule has 1 aliphatic heterocycles. The first-order valence-electron chi connectivity index (χ1n) is 5.36. The molecular weight excluding hydrogens is 246 g/mol. The number of carboxylic acid groups (broad SMARTS) is 1. The minimum Gasteiger partial charge on any atom is -0.481 e. The van der Waals surface area contributed by atoms with Crippen molar-refractivity contribution in [1.29, 1.82) is 0 Å². The van der Waals surface area contributed by atoms with Crippen molar-refractivity contribution in [2.45, 2.75) is 24.5 Å². The molecule has 1 rings (SSSR count). The number of rotatable bonds is 6. The van der Waals surface area contributed by atoms with Gasteiger partial charge in [0.2, 0.25) is 5.91 Å². The van der Waals surface area contributed by atoms with Crippen molar-refractivity contribution < 1.29 is 14.7 Å². The third-order valence-corrected chi connectivity index (χ3v) is 5.03. The fourth-order valence-corrected chi connectivity index (χ4v) is 4.08. The Kier molecular flexibility index (Phi) is 6.71. The Labute approximate surface area is 104 Å². The van der Waals surface area contributed by atoms with E-state index in [4.69, 9.17) is 5.11 Å². The lowest BCUT2D eigenvalue weighted by Gasteiger charge is -2.20. The molecule has 0 radical (unpaired) electrons. The number of carbonyl (C=O) groups excluding carboxylic acids is 1. The van der Waals surface area contributed by atoms with E-state index in [0.717, 1.165) is 11.5 Å². The molecule has 0 aromatic heterocycles. The molecule has 1 atom stereocenters. The molecule has 1 unspecified atom stereocenters. The van der Waals surface area contributed by atoms with E-state index in [-0.39, 0.29) is 12.3 Å². The molecule has 1 fully saturated rings. The zero-order valence-electron chi connectivity index (χ0n) is 9.11. The Bertz CT molecular complexity index is 242. The molecular formula is C10H17NO3S2.